The number of piperidine rings is 2. The average molecular weight is 447 g/mol. The Morgan fingerprint density at radius 1 is 1.30 bits per heavy atom. The lowest BCUT2D eigenvalue weighted by molar-refractivity contribution is 0.0814. The molecule has 0 radical (unpaired) electrons. The minimum atomic E-state index is -0.826. The number of fused-ring (bicyclic) bond motifs is 5. The van der Waals surface area contributed by atoms with Gasteiger partial charge in [-0.3, -0.25) is 5.10 Å². The molecule has 2 atom stereocenters. The molecular weight excluding hydrogens is 422 g/mol. The molecule has 2 bridgehead atoms. The van der Waals surface area contributed by atoms with Crippen LogP contribution in [0.2, 0.25) is 0 Å². The number of ether oxygens (including phenoxy) is 1. The number of hydrogen-bond donors (Lipinski definition) is 2. The van der Waals surface area contributed by atoms with E-state index in [0.717, 1.165) is 58.6 Å². The zero-order valence-corrected chi connectivity index (χ0v) is 18.3. The number of hydrogen-bond acceptors (Lipinski definition) is 6. The van der Waals surface area contributed by atoms with Crippen LogP contribution in [0.3, 0.4) is 0 Å². The molecule has 0 aliphatic carbocycles. The average Bonchev–Trinajstić information content (AvgIpc) is 3.40. The van der Waals surface area contributed by atoms with E-state index in [0.29, 0.717) is 25.6 Å². The van der Waals surface area contributed by atoms with Crippen LogP contribution in [0.4, 0.5) is 10.6 Å². The molecule has 0 saturated carbocycles. The predicted octanol–water partition coefficient (Wildman–Crippen LogP) is 3.25. The van der Waals surface area contributed by atoms with Gasteiger partial charge in [0.2, 0.25) is 0 Å². The highest BCUT2D eigenvalue weighted by Gasteiger charge is 2.37. The Kier molecular flexibility index (Phi) is 4.60. The van der Waals surface area contributed by atoms with Gasteiger partial charge in [-0.15, -0.1) is 5.10 Å². The number of nitrogens with zero attached hydrogens (tertiary/aromatic N) is 6. The summed E-state index contributed by atoms with van der Waals surface area (Å²) in [5.74, 6) is 2.11. The maximum absolute atomic E-state index is 11.6. The zero-order valence-electron chi connectivity index (χ0n) is 18.3. The molecule has 10 heteroatoms. The summed E-state index contributed by atoms with van der Waals surface area (Å²) in [6.45, 7) is 4.74. The van der Waals surface area contributed by atoms with Crippen molar-refractivity contribution in [1.82, 2.24) is 29.7 Å². The van der Waals surface area contributed by atoms with Crippen LogP contribution in [0.5, 0.6) is 5.75 Å². The number of carbonyl (C=O) groups is 1. The first-order chi connectivity index (χ1) is 16.1. The molecule has 6 heterocycles. The smallest absolute Gasteiger partial charge is 0.407 e. The molecule has 170 valence electrons. The van der Waals surface area contributed by atoms with Crippen molar-refractivity contribution < 1.29 is 14.6 Å². The molecule has 2 saturated heterocycles. The zero-order chi connectivity index (χ0) is 22.5. The van der Waals surface area contributed by atoms with Gasteiger partial charge in [0.25, 0.3) is 0 Å². The largest absolute Gasteiger partial charge is 0.492 e. The highest BCUT2D eigenvalue weighted by Crippen LogP contribution is 2.35. The van der Waals surface area contributed by atoms with E-state index in [1.807, 2.05) is 36.0 Å². The number of carboxylic acid groups (broad SMARTS) is 1. The van der Waals surface area contributed by atoms with E-state index in [-0.39, 0.29) is 6.04 Å². The molecule has 1 amide bonds. The van der Waals surface area contributed by atoms with Crippen LogP contribution in [0, 0.1) is 5.92 Å². The van der Waals surface area contributed by atoms with Crippen molar-refractivity contribution in [2.24, 2.45) is 5.92 Å². The van der Waals surface area contributed by atoms with Gasteiger partial charge in [-0.2, -0.15) is 5.10 Å². The molecule has 10 nitrogen and oxygen atoms in total. The predicted molar refractivity (Wildman–Crippen MR) is 123 cm³/mol. The number of pyridine rings is 2. The Morgan fingerprint density at radius 3 is 3.00 bits per heavy atom. The van der Waals surface area contributed by atoms with Gasteiger partial charge in [-0.05, 0) is 43.9 Å². The number of H-pyrrole nitrogens is 1. The van der Waals surface area contributed by atoms with E-state index in [1.54, 1.807) is 11.1 Å². The SMILES string of the molecule is CCOc1cc(-c2ccc(N3CC4CCN(C(=O)O)C(C4)C3)nc2)c2c3cn[nH]c3nn2c1. The maximum atomic E-state index is 11.6. The van der Waals surface area contributed by atoms with Crippen LogP contribution < -0.4 is 9.64 Å². The van der Waals surface area contributed by atoms with E-state index in [2.05, 4.69) is 26.3 Å². The van der Waals surface area contributed by atoms with Crippen LogP contribution in [0.25, 0.3) is 27.7 Å². The van der Waals surface area contributed by atoms with Gasteiger partial charge < -0.3 is 19.6 Å². The van der Waals surface area contributed by atoms with Crippen molar-refractivity contribution >= 4 is 28.5 Å². The topological polar surface area (TPSA) is 112 Å². The Labute approximate surface area is 189 Å². The minimum Gasteiger partial charge on any atom is -0.492 e. The number of aromatic nitrogens is 5. The number of likely N-dealkylation sites (tertiary alicyclic amines) is 1. The summed E-state index contributed by atoms with van der Waals surface area (Å²) in [5, 5.41) is 22.1. The highest BCUT2D eigenvalue weighted by atomic mass is 16.5. The number of anilines is 1. The number of aromatic amines is 1. The fourth-order valence-electron chi connectivity index (χ4n) is 5.29. The molecule has 33 heavy (non-hydrogen) atoms. The first-order valence-corrected chi connectivity index (χ1v) is 11.3. The van der Waals surface area contributed by atoms with Crippen LogP contribution >= 0.6 is 0 Å². The quantitative estimate of drug-likeness (QED) is 0.494. The summed E-state index contributed by atoms with van der Waals surface area (Å²) >= 11 is 0. The highest BCUT2D eigenvalue weighted by molar-refractivity contribution is 6.00. The molecule has 2 N–H and O–H groups in total. The summed E-state index contributed by atoms with van der Waals surface area (Å²) in [4.78, 5) is 20.2. The molecule has 2 fully saturated rings. The lowest BCUT2D eigenvalue weighted by atomic mass is 9.86. The van der Waals surface area contributed by atoms with Gasteiger partial charge in [0, 0.05) is 37.0 Å². The second-order valence-corrected chi connectivity index (χ2v) is 8.78. The summed E-state index contributed by atoms with van der Waals surface area (Å²) in [5.41, 5.74) is 3.59. The van der Waals surface area contributed by atoms with Crippen molar-refractivity contribution in [3.63, 3.8) is 0 Å². The third-order valence-corrected chi connectivity index (χ3v) is 6.78. The van der Waals surface area contributed by atoms with Crippen LogP contribution in [-0.4, -0.2) is 73.2 Å². The first kappa shape index (κ1) is 19.8. The van der Waals surface area contributed by atoms with Gasteiger partial charge >= 0.3 is 6.09 Å². The number of nitrogens with one attached hydrogen (secondary N) is 1. The Morgan fingerprint density at radius 2 is 2.21 bits per heavy atom. The lowest BCUT2D eigenvalue weighted by Gasteiger charge is -2.46. The van der Waals surface area contributed by atoms with Crippen molar-refractivity contribution in [3.05, 3.63) is 36.8 Å². The van der Waals surface area contributed by atoms with Crippen molar-refractivity contribution in [2.75, 3.05) is 31.1 Å². The van der Waals surface area contributed by atoms with Crippen LogP contribution in [-0.2, 0) is 0 Å². The van der Waals surface area contributed by atoms with Gasteiger partial charge in [-0.1, -0.05) is 0 Å². The first-order valence-electron chi connectivity index (χ1n) is 11.3. The molecule has 6 rings (SSSR count). The molecule has 2 aliphatic heterocycles. The maximum Gasteiger partial charge on any atom is 0.407 e. The molecule has 0 aromatic carbocycles. The lowest BCUT2D eigenvalue weighted by Crippen LogP contribution is -2.57. The summed E-state index contributed by atoms with van der Waals surface area (Å²) in [6, 6.07) is 6.12. The Hall–Kier alpha value is -3.82. The minimum absolute atomic E-state index is 0.0279. The van der Waals surface area contributed by atoms with E-state index in [1.165, 1.54) is 0 Å². The molecule has 2 aliphatic rings. The fraction of sp³-hybridized carbons (Fsp3) is 0.391. The third-order valence-electron chi connectivity index (χ3n) is 6.78. The summed E-state index contributed by atoms with van der Waals surface area (Å²) in [7, 11) is 0. The second kappa shape index (κ2) is 7.65. The number of amides is 1. The molecule has 4 aromatic heterocycles. The fourth-order valence-corrected chi connectivity index (χ4v) is 5.29. The van der Waals surface area contributed by atoms with Gasteiger partial charge in [0.1, 0.15) is 11.6 Å². The Balaban J connectivity index is 1.35. The van der Waals surface area contributed by atoms with Crippen molar-refractivity contribution in [3.8, 4) is 16.9 Å². The van der Waals surface area contributed by atoms with E-state index < -0.39 is 6.09 Å². The van der Waals surface area contributed by atoms with Crippen molar-refractivity contribution in [1.29, 1.82) is 0 Å². The third kappa shape index (κ3) is 3.33. The van der Waals surface area contributed by atoms with Crippen molar-refractivity contribution in [2.45, 2.75) is 25.8 Å². The van der Waals surface area contributed by atoms with Crippen LogP contribution in [0.1, 0.15) is 19.8 Å². The molecule has 0 spiro atoms. The van der Waals surface area contributed by atoms with Crippen LogP contribution in [0.15, 0.2) is 36.8 Å². The van der Waals surface area contributed by atoms with E-state index in [9.17, 15) is 9.90 Å². The molecule has 4 aromatic rings. The summed E-state index contributed by atoms with van der Waals surface area (Å²) < 4.78 is 7.59. The molecule has 2 unspecified atom stereocenters. The van der Waals surface area contributed by atoms with Gasteiger partial charge in [0.15, 0.2) is 5.65 Å². The summed E-state index contributed by atoms with van der Waals surface area (Å²) in [6.07, 6.45) is 6.54. The second-order valence-electron chi connectivity index (χ2n) is 8.78. The monoisotopic (exact) mass is 447 g/mol. The van der Waals surface area contributed by atoms with E-state index in [4.69, 9.17) is 9.72 Å². The standard InChI is InChI=1S/C23H25N7O3/c1-2-33-17-8-18(21-19-10-25-26-22(19)27-30(21)13-17)15-3-4-20(24-9-15)28-11-14-5-6-29(23(31)32)16(7-14)12-28/h3-4,8-10,13-14,16H,2,5-7,11-12H2,1H3,(H,26,27)(H,31,32). The number of rotatable bonds is 4. The van der Waals surface area contributed by atoms with E-state index >= 15 is 0 Å². The Bertz CT molecular complexity index is 1330. The normalized spacial score (nSPS) is 20.5. The van der Waals surface area contributed by atoms with Gasteiger partial charge in [0.05, 0.1) is 35.9 Å². The molecular formula is C23H25N7O3. The van der Waals surface area contributed by atoms with Gasteiger partial charge in [-0.25, -0.2) is 14.3 Å².